The summed E-state index contributed by atoms with van der Waals surface area (Å²) in [5, 5.41) is 4.79. The van der Waals surface area contributed by atoms with Gasteiger partial charge in [-0.15, -0.1) is 18.0 Å². The van der Waals surface area contributed by atoms with Crippen LogP contribution in [0.1, 0.15) is 112 Å². The van der Waals surface area contributed by atoms with Crippen molar-refractivity contribution in [3.8, 4) is 0 Å². The van der Waals surface area contributed by atoms with Crippen LogP contribution in [0.5, 0.6) is 0 Å². The first kappa shape index (κ1) is 36.0. The maximum Gasteiger partial charge on any atom is 0.0195 e. The molecule has 0 N–H and O–H groups in total. The molecule has 2 heterocycles. The molecule has 2 aliphatic rings. The van der Waals surface area contributed by atoms with E-state index in [1.54, 1.807) is 0 Å². The number of aryl methyl sites for hydroxylation is 2. The molecule has 4 aromatic carbocycles. The predicted molar refractivity (Wildman–Crippen MR) is 197 cm³/mol. The largest absolute Gasteiger partial charge is 0.656 e. The Bertz CT molecular complexity index is 1510. The molecule has 0 bridgehead atoms. The molecular formula is C41H49AuN3S-2. The summed E-state index contributed by atoms with van der Waals surface area (Å²) in [5.74, 6) is 1.92. The summed E-state index contributed by atoms with van der Waals surface area (Å²) in [6.07, 6.45) is 4.43. The fraction of sp³-hybridized carbons (Fsp3) is 0.341. The summed E-state index contributed by atoms with van der Waals surface area (Å²) in [6.45, 7) is 24.8. The Balaban J connectivity index is 0.000000238. The zero-order valence-electron chi connectivity index (χ0n) is 29.0. The second-order valence-electron chi connectivity index (χ2n) is 13.5. The first-order valence-corrected chi connectivity index (χ1v) is 17.2. The number of fused-ring (bicyclic) bond motifs is 2. The van der Waals surface area contributed by atoms with Crippen molar-refractivity contribution in [2.45, 2.75) is 103 Å². The van der Waals surface area contributed by atoms with Crippen LogP contribution in [0, 0.1) is 20.5 Å². The van der Waals surface area contributed by atoms with Gasteiger partial charge in [0.05, 0.1) is 0 Å². The minimum absolute atomic E-state index is 0. The monoisotopic (exact) mass is 812 g/mol. The Hall–Kier alpha value is -2.89. The van der Waals surface area contributed by atoms with Crippen LogP contribution < -0.4 is 9.80 Å². The molecular weight excluding hydrogens is 764 g/mol. The molecule has 4 aromatic rings. The van der Waals surface area contributed by atoms with Crippen LogP contribution in [-0.2, 0) is 22.4 Å². The van der Waals surface area contributed by atoms with Crippen molar-refractivity contribution in [1.82, 2.24) is 0 Å². The Morgan fingerprint density at radius 2 is 0.848 bits per heavy atom. The predicted octanol–water partition coefficient (Wildman–Crippen LogP) is 13.2. The number of anilines is 2. The summed E-state index contributed by atoms with van der Waals surface area (Å²) in [4.78, 5) is 7.17. The van der Waals surface area contributed by atoms with E-state index < -0.39 is 0 Å². The van der Waals surface area contributed by atoms with Crippen molar-refractivity contribution in [2.75, 3.05) is 9.80 Å². The van der Waals surface area contributed by atoms with E-state index in [-0.39, 0.29) is 22.4 Å². The first-order chi connectivity index (χ1) is 21.5. The number of hydrogen-bond donors (Lipinski definition) is 0. The van der Waals surface area contributed by atoms with Crippen molar-refractivity contribution < 1.29 is 22.4 Å². The zero-order chi connectivity index (χ0) is 32.4. The quantitative estimate of drug-likeness (QED) is 0.126. The van der Waals surface area contributed by atoms with Crippen molar-refractivity contribution in [3.05, 3.63) is 131 Å². The molecule has 5 heteroatoms. The average molecular weight is 813 g/mol. The zero-order valence-corrected chi connectivity index (χ0v) is 32.0. The molecule has 247 valence electrons. The average Bonchev–Trinajstić information content (AvgIpc) is 3.50. The van der Waals surface area contributed by atoms with E-state index in [2.05, 4.69) is 171 Å². The summed E-state index contributed by atoms with van der Waals surface area (Å²) < 4.78 is 0. The van der Waals surface area contributed by atoms with Gasteiger partial charge in [0.2, 0.25) is 0 Å². The molecule has 0 aromatic heterocycles. The van der Waals surface area contributed by atoms with Gasteiger partial charge in [-0.2, -0.15) is 0 Å². The molecule has 0 amide bonds. The summed E-state index contributed by atoms with van der Waals surface area (Å²) in [7, 11) is 0. The Morgan fingerprint density at radius 3 is 1.17 bits per heavy atom. The third-order valence-corrected chi connectivity index (χ3v) is 9.78. The molecule has 0 saturated carbocycles. The van der Waals surface area contributed by atoms with Crippen molar-refractivity contribution in [3.63, 3.8) is 0 Å². The van der Waals surface area contributed by atoms with Crippen LogP contribution in [-0.4, -0.2) is 0 Å². The van der Waals surface area contributed by atoms with E-state index in [9.17, 15) is 0 Å². The number of hydrogen-bond acceptors (Lipinski definition) is 3. The number of para-hydroxylation sites is 4. The summed E-state index contributed by atoms with van der Waals surface area (Å²) >= 11 is 1.82. The molecule has 0 aliphatic carbocycles. The fourth-order valence-electron chi connectivity index (χ4n) is 6.18. The molecule has 1 radical (unpaired) electrons. The topological polar surface area (TPSA) is 20.6 Å². The van der Waals surface area contributed by atoms with Crippen LogP contribution in [0.3, 0.4) is 0 Å². The molecule has 0 saturated heterocycles. The summed E-state index contributed by atoms with van der Waals surface area (Å²) in [5.41, 5.74) is 13.1. The second kappa shape index (κ2) is 15.3. The van der Waals surface area contributed by atoms with E-state index in [0.717, 1.165) is 11.4 Å². The van der Waals surface area contributed by atoms with Gasteiger partial charge in [0, 0.05) is 33.8 Å². The van der Waals surface area contributed by atoms with E-state index in [1.807, 2.05) is 11.8 Å². The maximum absolute atomic E-state index is 4.79. The van der Waals surface area contributed by atoms with Crippen molar-refractivity contribution in [1.29, 1.82) is 0 Å². The minimum Gasteiger partial charge on any atom is -0.656 e. The molecule has 6 rings (SSSR count). The maximum atomic E-state index is 4.79. The molecule has 3 nitrogen and oxygen atoms in total. The van der Waals surface area contributed by atoms with Crippen molar-refractivity contribution >= 4 is 34.5 Å². The summed E-state index contributed by atoms with van der Waals surface area (Å²) in [6, 6.07) is 26.2. The number of rotatable bonds is 6. The van der Waals surface area contributed by atoms with Crippen LogP contribution in [0.25, 0.3) is 5.32 Å². The number of nitrogens with zero attached hydrogens (tertiary/aromatic N) is 3. The Kier molecular flexibility index (Phi) is 12.0. The van der Waals surface area contributed by atoms with Crippen molar-refractivity contribution in [2.24, 2.45) is 0 Å². The molecule has 0 fully saturated rings. The van der Waals surface area contributed by atoms with Gasteiger partial charge in [-0.25, -0.2) is 0 Å². The van der Waals surface area contributed by atoms with E-state index in [1.165, 1.54) is 54.5 Å². The third kappa shape index (κ3) is 7.47. The van der Waals surface area contributed by atoms with Crippen LogP contribution in [0.4, 0.5) is 22.7 Å². The first-order valence-electron chi connectivity index (χ1n) is 16.4. The van der Waals surface area contributed by atoms with Crippen LogP contribution in [0.15, 0.2) is 95.0 Å². The normalized spacial score (nSPS) is 13.4. The van der Waals surface area contributed by atoms with Crippen LogP contribution >= 0.6 is 11.8 Å². The molecule has 0 atom stereocenters. The van der Waals surface area contributed by atoms with Crippen LogP contribution in [0.2, 0.25) is 0 Å². The second-order valence-corrected chi connectivity index (χ2v) is 14.6. The number of benzene rings is 4. The third-order valence-electron chi connectivity index (χ3n) is 8.68. The van der Waals surface area contributed by atoms with E-state index >= 15 is 0 Å². The van der Waals surface area contributed by atoms with Gasteiger partial charge in [0.1, 0.15) is 0 Å². The van der Waals surface area contributed by atoms with E-state index in [4.69, 9.17) is 5.32 Å². The SMILES string of the molecule is CC(C)c1cccc(C(C)C)c1N1C=CN(c2c(C(C)C)cccc2C(C)C)[CH-]1.Cc1cccc2c1[N-]c1c(C)cccc1S2.[Au]. The molecule has 2 aliphatic heterocycles. The smallest absolute Gasteiger partial charge is 0.0195 e. The van der Waals surface area contributed by atoms with Gasteiger partial charge >= 0.3 is 0 Å². The van der Waals surface area contributed by atoms with Gasteiger partial charge in [0.15, 0.2) is 0 Å². The Morgan fingerprint density at radius 1 is 0.522 bits per heavy atom. The van der Waals surface area contributed by atoms with Gasteiger partial charge in [-0.3, -0.25) is 0 Å². The molecule has 46 heavy (non-hydrogen) atoms. The standard InChI is InChI=1S/C27H37N2.C14H12NS.Au/c1-18(2)22-11-9-12-23(19(3)4)26(22)28-15-16-29(17-28)27-24(20(5)6)13-10-14-25(27)21(7)8;1-9-5-3-7-11-13(9)15-14-10(2)6-4-8-12(14)16-11;/h9-21H,1-8H3;3-8H,1-2H3;/q2*-1;. The van der Waals surface area contributed by atoms with Gasteiger partial charge in [-0.05, 0) is 94.1 Å². The molecule has 0 unspecified atom stereocenters. The Labute approximate surface area is 298 Å². The fourth-order valence-corrected chi connectivity index (χ4v) is 7.32. The van der Waals surface area contributed by atoms with Gasteiger partial charge < -0.3 is 15.1 Å². The minimum atomic E-state index is 0. The van der Waals surface area contributed by atoms with Gasteiger partial charge in [0.25, 0.3) is 0 Å². The molecule has 0 spiro atoms. The van der Waals surface area contributed by atoms with E-state index in [0.29, 0.717) is 23.7 Å². The van der Waals surface area contributed by atoms with Gasteiger partial charge in [-0.1, -0.05) is 139 Å².